The second-order valence-electron chi connectivity index (χ2n) is 2.04. The Morgan fingerprint density at radius 1 is 1.60 bits per heavy atom. The van der Waals surface area contributed by atoms with E-state index in [9.17, 15) is 0 Å². The van der Waals surface area contributed by atoms with Gasteiger partial charge in [-0.3, -0.25) is 4.98 Å². The number of aryl methyl sites for hydroxylation is 1. The molecule has 1 aromatic heterocycles. The van der Waals surface area contributed by atoms with Crippen molar-refractivity contribution in [2.45, 2.75) is 6.92 Å². The molecule has 0 bridgehead atoms. The van der Waals surface area contributed by atoms with Gasteiger partial charge in [-0.05, 0) is 30.8 Å². The predicted molar refractivity (Wildman–Crippen MR) is 42.2 cm³/mol. The number of aromatic nitrogens is 1. The van der Waals surface area contributed by atoms with Gasteiger partial charge in [0.15, 0.2) is 0 Å². The second kappa shape index (κ2) is 3.01. The molecule has 0 amide bonds. The molecule has 2 nitrogen and oxygen atoms in total. The summed E-state index contributed by atoms with van der Waals surface area (Å²) in [6.07, 6.45) is 5.12. The van der Waals surface area contributed by atoms with Crippen molar-refractivity contribution in [2.75, 3.05) is 0 Å². The zero-order valence-electron chi connectivity index (χ0n) is 5.91. The molecule has 0 saturated carbocycles. The molecule has 2 heteroatoms. The van der Waals surface area contributed by atoms with Gasteiger partial charge in [0.2, 0.25) is 0 Å². The predicted octanol–water partition coefficient (Wildman–Crippen LogP) is 1.32. The van der Waals surface area contributed by atoms with E-state index in [0.29, 0.717) is 0 Å². The van der Waals surface area contributed by atoms with Crippen LogP contribution in [0.2, 0.25) is 0 Å². The van der Waals surface area contributed by atoms with Crippen molar-refractivity contribution in [3.63, 3.8) is 0 Å². The van der Waals surface area contributed by atoms with Crippen LogP contribution in [0.4, 0.5) is 0 Å². The Labute approximate surface area is 60.4 Å². The van der Waals surface area contributed by atoms with Gasteiger partial charge in [-0.1, -0.05) is 6.07 Å². The number of hydrogen-bond acceptors (Lipinski definition) is 2. The summed E-state index contributed by atoms with van der Waals surface area (Å²) in [7, 11) is 0. The summed E-state index contributed by atoms with van der Waals surface area (Å²) in [4.78, 5) is 4.09. The molecule has 0 radical (unpaired) electrons. The van der Waals surface area contributed by atoms with Gasteiger partial charge in [0.1, 0.15) is 0 Å². The molecular formula is C8H10N2. The van der Waals surface area contributed by atoms with Crippen LogP contribution < -0.4 is 5.73 Å². The summed E-state index contributed by atoms with van der Waals surface area (Å²) < 4.78 is 0. The molecular weight excluding hydrogens is 124 g/mol. The fourth-order valence-corrected chi connectivity index (χ4v) is 0.776. The first kappa shape index (κ1) is 6.81. The van der Waals surface area contributed by atoms with E-state index >= 15 is 0 Å². The average molecular weight is 134 g/mol. The highest BCUT2D eigenvalue weighted by atomic mass is 14.7. The van der Waals surface area contributed by atoms with Gasteiger partial charge < -0.3 is 5.73 Å². The summed E-state index contributed by atoms with van der Waals surface area (Å²) >= 11 is 0. The lowest BCUT2D eigenvalue weighted by atomic mass is 10.2. The third-order valence-corrected chi connectivity index (χ3v) is 1.32. The number of hydrogen-bond donors (Lipinski definition) is 1. The minimum absolute atomic E-state index is 1.00. The summed E-state index contributed by atoms with van der Waals surface area (Å²) in [5.74, 6) is 0. The Hall–Kier alpha value is -1.31. The first-order chi connectivity index (χ1) is 4.84. The summed E-state index contributed by atoms with van der Waals surface area (Å²) in [6, 6.07) is 3.87. The molecule has 0 unspecified atom stereocenters. The number of nitrogens with two attached hydrogens (primary N) is 1. The monoisotopic (exact) mass is 134 g/mol. The highest BCUT2D eigenvalue weighted by Gasteiger charge is 1.89. The van der Waals surface area contributed by atoms with Gasteiger partial charge >= 0.3 is 0 Å². The Morgan fingerprint density at radius 3 is 3.00 bits per heavy atom. The molecule has 0 aliphatic carbocycles. The van der Waals surface area contributed by atoms with Gasteiger partial charge in [0.25, 0.3) is 0 Å². The largest absolute Gasteiger partial charge is 0.405 e. The fourth-order valence-electron chi connectivity index (χ4n) is 0.776. The molecule has 52 valence electrons. The maximum Gasteiger partial charge on any atom is 0.0445 e. The normalized spacial score (nSPS) is 10.5. The Balaban J connectivity index is 3.03. The van der Waals surface area contributed by atoms with Crippen LogP contribution in [-0.2, 0) is 0 Å². The van der Waals surface area contributed by atoms with Crippen molar-refractivity contribution >= 4 is 6.08 Å². The molecule has 1 rings (SSSR count). The Morgan fingerprint density at radius 2 is 2.40 bits per heavy atom. The lowest BCUT2D eigenvalue weighted by Gasteiger charge is -1.95. The Bertz CT molecular complexity index is 241. The van der Waals surface area contributed by atoms with Crippen molar-refractivity contribution in [3.05, 3.63) is 35.8 Å². The number of pyridine rings is 1. The maximum absolute atomic E-state index is 5.22. The molecule has 1 heterocycles. The third-order valence-electron chi connectivity index (χ3n) is 1.32. The zero-order valence-corrected chi connectivity index (χ0v) is 5.91. The van der Waals surface area contributed by atoms with E-state index in [2.05, 4.69) is 4.98 Å². The maximum atomic E-state index is 5.22. The third kappa shape index (κ3) is 1.35. The molecule has 1 aromatic rings. The summed E-state index contributed by atoms with van der Waals surface area (Å²) in [5, 5.41) is 0. The SMILES string of the molecule is Cc1ncccc1/C=C\N. The van der Waals surface area contributed by atoms with Crippen LogP contribution in [0.15, 0.2) is 24.5 Å². The topological polar surface area (TPSA) is 38.9 Å². The molecule has 0 saturated heterocycles. The van der Waals surface area contributed by atoms with E-state index < -0.39 is 0 Å². The van der Waals surface area contributed by atoms with Gasteiger partial charge in [0.05, 0.1) is 0 Å². The highest BCUT2D eigenvalue weighted by molar-refractivity contribution is 5.50. The molecule has 0 atom stereocenters. The molecule has 2 N–H and O–H groups in total. The summed E-state index contributed by atoms with van der Waals surface area (Å²) in [5.41, 5.74) is 7.30. The fraction of sp³-hybridized carbons (Fsp3) is 0.125. The first-order valence-electron chi connectivity index (χ1n) is 3.14. The minimum Gasteiger partial charge on any atom is -0.405 e. The van der Waals surface area contributed by atoms with Gasteiger partial charge in [-0.2, -0.15) is 0 Å². The lowest BCUT2D eigenvalue weighted by molar-refractivity contribution is 1.19. The van der Waals surface area contributed by atoms with Gasteiger partial charge in [-0.15, -0.1) is 0 Å². The molecule has 0 aliphatic heterocycles. The highest BCUT2D eigenvalue weighted by Crippen LogP contribution is 2.03. The van der Waals surface area contributed by atoms with Crippen molar-refractivity contribution in [1.29, 1.82) is 0 Å². The van der Waals surface area contributed by atoms with E-state index in [1.165, 1.54) is 6.20 Å². The van der Waals surface area contributed by atoms with Crippen LogP contribution in [0.1, 0.15) is 11.3 Å². The van der Waals surface area contributed by atoms with E-state index in [0.717, 1.165) is 11.3 Å². The van der Waals surface area contributed by atoms with Crippen LogP contribution in [0.25, 0.3) is 6.08 Å². The minimum atomic E-state index is 1.00. The van der Waals surface area contributed by atoms with Crippen molar-refractivity contribution in [1.82, 2.24) is 4.98 Å². The number of nitrogens with zero attached hydrogens (tertiary/aromatic N) is 1. The van der Waals surface area contributed by atoms with Gasteiger partial charge in [-0.25, -0.2) is 0 Å². The van der Waals surface area contributed by atoms with Crippen LogP contribution >= 0.6 is 0 Å². The number of rotatable bonds is 1. The van der Waals surface area contributed by atoms with E-state index in [1.807, 2.05) is 25.1 Å². The van der Waals surface area contributed by atoms with Crippen LogP contribution in [0.5, 0.6) is 0 Å². The van der Waals surface area contributed by atoms with Crippen LogP contribution in [0.3, 0.4) is 0 Å². The standard InChI is InChI=1S/C8H10N2/c1-7-8(4-5-9)3-2-6-10-7/h2-6H,9H2,1H3/b5-4-. The van der Waals surface area contributed by atoms with E-state index in [-0.39, 0.29) is 0 Å². The zero-order chi connectivity index (χ0) is 7.40. The van der Waals surface area contributed by atoms with Crippen molar-refractivity contribution in [2.24, 2.45) is 5.73 Å². The van der Waals surface area contributed by atoms with Crippen molar-refractivity contribution < 1.29 is 0 Å². The van der Waals surface area contributed by atoms with Crippen molar-refractivity contribution in [3.8, 4) is 0 Å². The molecule has 0 spiro atoms. The molecule has 0 aromatic carbocycles. The molecule has 0 aliphatic rings. The van der Waals surface area contributed by atoms with Gasteiger partial charge in [0, 0.05) is 11.9 Å². The van der Waals surface area contributed by atoms with Crippen LogP contribution in [0, 0.1) is 6.92 Å². The molecule has 10 heavy (non-hydrogen) atoms. The van der Waals surface area contributed by atoms with E-state index in [1.54, 1.807) is 6.20 Å². The average Bonchev–Trinajstić information content (AvgIpc) is 1.94. The van der Waals surface area contributed by atoms with Crippen LogP contribution in [-0.4, -0.2) is 4.98 Å². The molecule has 0 fully saturated rings. The quantitative estimate of drug-likeness (QED) is 0.629. The summed E-state index contributed by atoms with van der Waals surface area (Å²) in [6.45, 7) is 1.95. The van der Waals surface area contributed by atoms with E-state index in [4.69, 9.17) is 5.73 Å². The smallest absolute Gasteiger partial charge is 0.0445 e. The first-order valence-corrected chi connectivity index (χ1v) is 3.14. The lowest BCUT2D eigenvalue weighted by Crippen LogP contribution is -1.85. The Kier molecular flexibility index (Phi) is 2.05. The second-order valence-corrected chi connectivity index (χ2v) is 2.04.